The average molecular weight is 388 g/mol. The fraction of sp³-hybridized carbons (Fsp3) is 0.222. The number of nitrogens with zero attached hydrogens (tertiary/aromatic N) is 1. The number of carbonyl (C=O) groups excluding carboxylic acids is 2. The molecule has 24 heavy (non-hydrogen) atoms. The molecule has 2 amide bonds. The van der Waals surface area contributed by atoms with Crippen LogP contribution >= 0.6 is 15.9 Å². The largest absolute Gasteiger partial charge is 0.454 e. The molecule has 4 rings (SSSR count). The molecule has 2 heterocycles. The van der Waals surface area contributed by atoms with Gasteiger partial charge in [0.25, 0.3) is 5.91 Å². The predicted octanol–water partition coefficient (Wildman–Crippen LogP) is 2.95. The predicted molar refractivity (Wildman–Crippen MR) is 90.2 cm³/mol. The second-order valence-corrected chi connectivity index (χ2v) is 6.59. The molecule has 0 saturated heterocycles. The van der Waals surface area contributed by atoms with Crippen LogP contribution in [0.25, 0.3) is 0 Å². The summed E-state index contributed by atoms with van der Waals surface area (Å²) in [6.07, 6.45) is 0.812. The van der Waals surface area contributed by atoms with E-state index in [9.17, 15) is 9.59 Å². The van der Waals surface area contributed by atoms with Crippen molar-refractivity contribution in [3.05, 3.63) is 57.6 Å². The number of benzene rings is 2. The molecule has 0 aromatic heterocycles. The lowest BCUT2D eigenvalue weighted by Crippen LogP contribution is -2.43. The van der Waals surface area contributed by atoms with Crippen LogP contribution in [0.3, 0.4) is 0 Å². The molecule has 0 spiro atoms. The highest BCUT2D eigenvalue weighted by atomic mass is 79.9. The molecule has 0 radical (unpaired) electrons. The molecule has 2 aromatic carbocycles. The minimum atomic E-state index is -0.272. The summed E-state index contributed by atoms with van der Waals surface area (Å²) in [7, 11) is 0. The van der Waals surface area contributed by atoms with Gasteiger partial charge in [-0.3, -0.25) is 14.5 Å². The Morgan fingerprint density at radius 1 is 1.08 bits per heavy atom. The topological polar surface area (TPSA) is 55.8 Å². The zero-order chi connectivity index (χ0) is 16.7. The summed E-state index contributed by atoms with van der Waals surface area (Å²) < 4.78 is 11.6. The molecule has 2 aliphatic heterocycles. The Balaban J connectivity index is 1.58. The lowest BCUT2D eigenvalue weighted by atomic mass is 9.97. The van der Waals surface area contributed by atoms with E-state index < -0.39 is 0 Å². The summed E-state index contributed by atoms with van der Waals surface area (Å²) in [4.78, 5) is 26.4. The first-order valence-electron chi connectivity index (χ1n) is 7.64. The molecular formula is C18H14BrNO4. The molecule has 6 heteroatoms. The minimum Gasteiger partial charge on any atom is -0.454 e. The third kappa shape index (κ3) is 2.57. The average Bonchev–Trinajstić information content (AvgIpc) is 3.02. The van der Waals surface area contributed by atoms with E-state index >= 15 is 0 Å². The van der Waals surface area contributed by atoms with E-state index in [-0.39, 0.29) is 25.0 Å². The van der Waals surface area contributed by atoms with Gasteiger partial charge in [0.05, 0.1) is 6.42 Å². The highest BCUT2D eigenvalue weighted by Crippen LogP contribution is 2.37. The Kier molecular flexibility index (Phi) is 3.76. The number of hydrogen-bond donors (Lipinski definition) is 0. The third-order valence-electron chi connectivity index (χ3n) is 4.28. The monoisotopic (exact) mass is 387 g/mol. The Bertz CT molecular complexity index is 849. The number of carbonyl (C=O) groups is 2. The second-order valence-electron chi connectivity index (χ2n) is 5.73. The number of imide groups is 1. The van der Waals surface area contributed by atoms with Gasteiger partial charge >= 0.3 is 0 Å². The van der Waals surface area contributed by atoms with Crippen molar-refractivity contribution in [3.63, 3.8) is 0 Å². The van der Waals surface area contributed by atoms with Gasteiger partial charge in [-0.15, -0.1) is 0 Å². The second kappa shape index (κ2) is 5.94. The van der Waals surface area contributed by atoms with Gasteiger partial charge in [-0.1, -0.05) is 34.1 Å². The van der Waals surface area contributed by atoms with E-state index in [2.05, 4.69) is 15.9 Å². The zero-order valence-corrected chi connectivity index (χ0v) is 14.3. The molecule has 0 bridgehead atoms. The van der Waals surface area contributed by atoms with Crippen molar-refractivity contribution in [2.45, 2.75) is 12.8 Å². The van der Waals surface area contributed by atoms with Crippen LogP contribution < -0.4 is 9.47 Å². The maximum absolute atomic E-state index is 12.7. The van der Waals surface area contributed by atoms with Crippen molar-refractivity contribution in [2.24, 2.45) is 0 Å². The Morgan fingerprint density at radius 3 is 2.62 bits per heavy atom. The molecule has 0 aliphatic carbocycles. The lowest BCUT2D eigenvalue weighted by Gasteiger charge is -2.27. The van der Waals surface area contributed by atoms with Crippen LogP contribution in [0.2, 0.25) is 0 Å². The fourth-order valence-electron chi connectivity index (χ4n) is 3.01. The molecule has 0 N–H and O–H groups in total. The maximum Gasteiger partial charge on any atom is 0.260 e. The van der Waals surface area contributed by atoms with Crippen molar-refractivity contribution in [1.29, 1.82) is 0 Å². The lowest BCUT2D eigenvalue weighted by molar-refractivity contribution is -0.128. The highest BCUT2D eigenvalue weighted by Gasteiger charge is 2.33. The third-order valence-corrected chi connectivity index (χ3v) is 5.05. The van der Waals surface area contributed by atoms with Crippen LogP contribution in [-0.4, -0.2) is 30.1 Å². The molecule has 0 unspecified atom stereocenters. The van der Waals surface area contributed by atoms with E-state index in [4.69, 9.17) is 9.47 Å². The van der Waals surface area contributed by atoms with Gasteiger partial charge in [-0.05, 0) is 35.7 Å². The molecule has 0 saturated carbocycles. The zero-order valence-electron chi connectivity index (χ0n) is 12.8. The van der Waals surface area contributed by atoms with Gasteiger partial charge in [-0.25, -0.2) is 0 Å². The molecular weight excluding hydrogens is 374 g/mol. The highest BCUT2D eigenvalue weighted by molar-refractivity contribution is 9.10. The van der Waals surface area contributed by atoms with Crippen LogP contribution in [0.5, 0.6) is 11.5 Å². The van der Waals surface area contributed by atoms with Gasteiger partial charge in [0.2, 0.25) is 12.7 Å². The molecule has 0 fully saturated rings. The number of ether oxygens (including phenoxy) is 2. The Hall–Kier alpha value is -2.34. The maximum atomic E-state index is 12.7. The summed E-state index contributed by atoms with van der Waals surface area (Å²) >= 11 is 3.49. The number of fused-ring (bicyclic) bond motifs is 2. The molecule has 2 aliphatic rings. The standard InChI is InChI=1S/C18H14BrNO4/c19-14-4-2-1-3-11(14)5-6-20-17(21)8-12-7-15-16(24-10-23-15)9-13(12)18(20)22/h1-4,7,9H,5-6,8,10H2. The van der Waals surface area contributed by atoms with Gasteiger partial charge < -0.3 is 9.47 Å². The van der Waals surface area contributed by atoms with Crippen LogP contribution in [0.1, 0.15) is 21.5 Å². The minimum absolute atomic E-state index is 0.145. The Morgan fingerprint density at radius 2 is 1.83 bits per heavy atom. The van der Waals surface area contributed by atoms with Crippen molar-refractivity contribution >= 4 is 27.7 Å². The summed E-state index contributed by atoms with van der Waals surface area (Å²) in [6.45, 7) is 0.500. The number of halogens is 1. The molecule has 2 aromatic rings. The summed E-state index contributed by atoms with van der Waals surface area (Å²) in [5, 5.41) is 0. The van der Waals surface area contributed by atoms with E-state index in [0.29, 0.717) is 35.6 Å². The van der Waals surface area contributed by atoms with E-state index in [1.807, 2.05) is 24.3 Å². The van der Waals surface area contributed by atoms with Gasteiger partial charge in [0.1, 0.15) is 0 Å². The van der Waals surface area contributed by atoms with E-state index in [0.717, 1.165) is 10.0 Å². The van der Waals surface area contributed by atoms with Crippen LogP contribution in [0, 0.1) is 0 Å². The number of rotatable bonds is 3. The Labute approximate surface area is 147 Å². The normalized spacial score (nSPS) is 15.6. The first kappa shape index (κ1) is 15.2. The van der Waals surface area contributed by atoms with E-state index in [1.54, 1.807) is 12.1 Å². The van der Waals surface area contributed by atoms with Crippen LogP contribution in [0.15, 0.2) is 40.9 Å². The van der Waals surface area contributed by atoms with Crippen molar-refractivity contribution in [2.75, 3.05) is 13.3 Å². The first-order chi connectivity index (χ1) is 11.6. The molecule has 122 valence electrons. The quantitative estimate of drug-likeness (QED) is 0.759. The van der Waals surface area contributed by atoms with Gasteiger partial charge in [0, 0.05) is 16.6 Å². The van der Waals surface area contributed by atoms with Crippen LogP contribution in [-0.2, 0) is 17.6 Å². The first-order valence-corrected chi connectivity index (χ1v) is 8.43. The SMILES string of the molecule is O=C1Cc2cc3c(cc2C(=O)N1CCc1ccccc1Br)OCO3. The fourth-order valence-corrected chi connectivity index (χ4v) is 3.49. The van der Waals surface area contributed by atoms with Crippen LogP contribution in [0.4, 0.5) is 0 Å². The van der Waals surface area contributed by atoms with E-state index in [1.165, 1.54) is 4.90 Å². The van der Waals surface area contributed by atoms with Gasteiger partial charge in [0.15, 0.2) is 11.5 Å². The number of hydrogen-bond acceptors (Lipinski definition) is 4. The summed E-state index contributed by atoms with van der Waals surface area (Å²) in [5.41, 5.74) is 2.28. The smallest absolute Gasteiger partial charge is 0.260 e. The molecule has 5 nitrogen and oxygen atoms in total. The molecule has 0 atom stereocenters. The van der Waals surface area contributed by atoms with Gasteiger partial charge in [-0.2, -0.15) is 0 Å². The van der Waals surface area contributed by atoms with Crippen molar-refractivity contribution in [1.82, 2.24) is 4.90 Å². The number of amides is 2. The van der Waals surface area contributed by atoms with Crippen molar-refractivity contribution in [3.8, 4) is 11.5 Å². The summed E-state index contributed by atoms with van der Waals surface area (Å²) in [6, 6.07) is 11.2. The summed E-state index contributed by atoms with van der Waals surface area (Å²) in [5.74, 6) is 0.697. The van der Waals surface area contributed by atoms with Crippen molar-refractivity contribution < 1.29 is 19.1 Å².